The van der Waals surface area contributed by atoms with Crippen LogP contribution in [-0.2, 0) is 9.59 Å². The van der Waals surface area contributed by atoms with Gasteiger partial charge in [-0.3, -0.25) is 9.59 Å². The molecule has 8 heteroatoms. The van der Waals surface area contributed by atoms with Crippen LogP contribution in [0.1, 0.15) is 63.2 Å². The summed E-state index contributed by atoms with van der Waals surface area (Å²) in [5, 5.41) is 42.7. The summed E-state index contributed by atoms with van der Waals surface area (Å²) in [4.78, 5) is 37.1. The molecule has 0 unspecified atom stereocenters. The summed E-state index contributed by atoms with van der Waals surface area (Å²) in [6.45, 7) is 6.01. The second-order valence-electron chi connectivity index (χ2n) is 10.6. The highest BCUT2D eigenvalue weighted by molar-refractivity contribution is 6.00. The first-order valence-corrected chi connectivity index (χ1v) is 11.3. The number of allylic oxidation sites excluding steroid dienone is 2. The largest absolute Gasteiger partial charge is 0.506 e. The van der Waals surface area contributed by atoms with Crippen LogP contribution in [0.15, 0.2) is 24.3 Å². The van der Waals surface area contributed by atoms with Crippen molar-refractivity contribution in [2.45, 2.75) is 59.0 Å². The van der Waals surface area contributed by atoms with Gasteiger partial charge in [0.05, 0.1) is 6.10 Å². The summed E-state index contributed by atoms with van der Waals surface area (Å²) in [6, 6.07) is 2.13. The molecule has 2 bridgehead atoms. The maximum Gasteiger partial charge on any atom is 0.339 e. The average Bonchev–Trinajstić information content (AvgIpc) is 2.76. The fourth-order valence-corrected chi connectivity index (χ4v) is 6.73. The molecule has 3 saturated carbocycles. The number of aromatic hydroxyl groups is 2. The quantitative estimate of drug-likeness (QED) is 0.426. The van der Waals surface area contributed by atoms with Crippen molar-refractivity contribution >= 4 is 23.3 Å². The number of aromatic carboxylic acids is 1. The van der Waals surface area contributed by atoms with Gasteiger partial charge in [0.25, 0.3) is 0 Å². The van der Waals surface area contributed by atoms with Gasteiger partial charge in [-0.1, -0.05) is 26.8 Å². The first-order valence-electron chi connectivity index (χ1n) is 11.3. The van der Waals surface area contributed by atoms with E-state index >= 15 is 0 Å². The van der Waals surface area contributed by atoms with Crippen LogP contribution in [0.4, 0.5) is 5.69 Å². The van der Waals surface area contributed by atoms with Crippen LogP contribution in [0, 0.1) is 28.1 Å². The van der Waals surface area contributed by atoms with E-state index in [0.29, 0.717) is 0 Å². The number of aliphatic hydroxyl groups is 1. The lowest BCUT2D eigenvalue weighted by molar-refractivity contribution is -0.203. The van der Waals surface area contributed by atoms with E-state index in [-0.39, 0.29) is 41.6 Å². The van der Waals surface area contributed by atoms with Crippen molar-refractivity contribution in [1.82, 2.24) is 0 Å². The minimum Gasteiger partial charge on any atom is -0.506 e. The standard InChI is InChI=1S/C25H31NO7/c1-23(2)21(31)13-6-10-25(23)11-7-17(28)24(3,16(25)12-13)9-8-18(29)26-19-15(27)5-4-14(20(19)30)22(32)33/h4-5,7,11,13,16,21,27,30-31H,6,8-10,12H2,1-3H3,(H,26,29)(H,32,33)/t13-,16-,21+,24-,25-/m0/s1. The second-order valence-corrected chi connectivity index (χ2v) is 10.6. The van der Waals surface area contributed by atoms with E-state index in [1.165, 1.54) is 0 Å². The third kappa shape index (κ3) is 3.26. The molecule has 1 aromatic carbocycles. The summed E-state index contributed by atoms with van der Waals surface area (Å²) in [5.74, 6) is -3.04. The number of amides is 1. The van der Waals surface area contributed by atoms with E-state index in [9.17, 15) is 29.7 Å². The van der Waals surface area contributed by atoms with E-state index in [1.54, 1.807) is 6.08 Å². The van der Waals surface area contributed by atoms with Crippen LogP contribution in [0.5, 0.6) is 11.5 Å². The summed E-state index contributed by atoms with van der Waals surface area (Å²) >= 11 is 0. The van der Waals surface area contributed by atoms with Crippen molar-refractivity contribution in [3.63, 3.8) is 0 Å². The monoisotopic (exact) mass is 457 g/mol. The van der Waals surface area contributed by atoms with Gasteiger partial charge < -0.3 is 25.7 Å². The number of aliphatic hydroxyl groups excluding tert-OH is 1. The Labute approximate surface area is 192 Å². The Balaban J connectivity index is 1.56. The number of carboxylic acid groups (broad SMARTS) is 1. The maximum atomic E-state index is 13.1. The van der Waals surface area contributed by atoms with E-state index in [4.69, 9.17) is 5.11 Å². The Bertz CT molecular complexity index is 1060. The lowest BCUT2D eigenvalue weighted by Gasteiger charge is -2.67. The number of hydrogen-bond acceptors (Lipinski definition) is 6. The van der Waals surface area contributed by atoms with Crippen LogP contribution in [0.2, 0.25) is 0 Å². The number of phenolic OH excluding ortho intramolecular Hbond substituents is 1. The van der Waals surface area contributed by atoms with Crippen LogP contribution in [0.25, 0.3) is 0 Å². The van der Waals surface area contributed by atoms with Gasteiger partial charge in [0.15, 0.2) is 11.5 Å². The van der Waals surface area contributed by atoms with Gasteiger partial charge in [-0.05, 0) is 55.7 Å². The molecule has 0 aliphatic heterocycles. The zero-order valence-corrected chi connectivity index (χ0v) is 19.1. The van der Waals surface area contributed by atoms with Gasteiger partial charge in [0, 0.05) is 22.7 Å². The highest BCUT2D eigenvalue weighted by atomic mass is 16.4. The third-order valence-electron chi connectivity index (χ3n) is 8.86. The van der Waals surface area contributed by atoms with Gasteiger partial charge in [0.2, 0.25) is 5.91 Å². The lowest BCUT2D eigenvalue weighted by Crippen LogP contribution is -2.65. The van der Waals surface area contributed by atoms with Crippen LogP contribution in [-0.4, -0.2) is 44.2 Å². The number of anilines is 1. The van der Waals surface area contributed by atoms with Gasteiger partial charge in [-0.25, -0.2) is 4.79 Å². The molecule has 4 aliphatic rings. The fraction of sp³-hybridized carbons (Fsp3) is 0.560. The number of carbonyl (C=O) groups excluding carboxylic acids is 2. The topological polar surface area (TPSA) is 144 Å². The normalized spacial score (nSPS) is 34.1. The Hall–Kier alpha value is -2.87. The molecule has 1 aromatic rings. The van der Waals surface area contributed by atoms with E-state index < -0.39 is 45.9 Å². The maximum absolute atomic E-state index is 13.1. The summed E-state index contributed by atoms with van der Waals surface area (Å²) in [5.41, 5.74) is -2.32. The van der Waals surface area contributed by atoms with Gasteiger partial charge >= 0.3 is 5.97 Å². The number of phenols is 2. The number of fused-ring (bicyclic) bond motifs is 2. The SMILES string of the molecule is CC1(C)[C@H](O)[C@H]2CC[C@@]13C=CC(=O)[C@@](C)(CCC(=O)Nc1c(O)ccc(C(=O)O)c1O)[C@@H]3C2. The number of benzene rings is 1. The molecule has 0 saturated heterocycles. The second kappa shape index (κ2) is 7.58. The number of rotatable bonds is 5. The predicted molar refractivity (Wildman–Crippen MR) is 120 cm³/mol. The number of carboxylic acids is 1. The number of carbonyl (C=O) groups is 3. The van der Waals surface area contributed by atoms with Crippen LogP contribution >= 0.6 is 0 Å². The van der Waals surface area contributed by atoms with Crippen molar-refractivity contribution in [1.29, 1.82) is 0 Å². The van der Waals surface area contributed by atoms with Gasteiger partial charge in [-0.15, -0.1) is 0 Å². The Morgan fingerprint density at radius 1 is 1.18 bits per heavy atom. The van der Waals surface area contributed by atoms with Crippen LogP contribution in [0.3, 0.4) is 0 Å². The summed E-state index contributed by atoms with van der Waals surface area (Å²) in [6.07, 6.45) is 5.90. The van der Waals surface area contributed by atoms with Crippen molar-refractivity contribution in [3.8, 4) is 11.5 Å². The number of nitrogens with one attached hydrogen (secondary N) is 1. The molecule has 0 aromatic heterocycles. The summed E-state index contributed by atoms with van der Waals surface area (Å²) in [7, 11) is 0. The molecule has 4 aliphatic carbocycles. The molecule has 1 spiro atoms. The zero-order chi connectivity index (χ0) is 24.3. The average molecular weight is 458 g/mol. The predicted octanol–water partition coefficient (Wildman–Crippen LogP) is 3.46. The molecule has 8 nitrogen and oxygen atoms in total. The Morgan fingerprint density at radius 3 is 2.55 bits per heavy atom. The first-order chi connectivity index (χ1) is 15.3. The Morgan fingerprint density at radius 2 is 1.88 bits per heavy atom. The summed E-state index contributed by atoms with van der Waals surface area (Å²) < 4.78 is 0. The molecular weight excluding hydrogens is 426 g/mol. The van der Waals surface area contributed by atoms with Crippen molar-refractivity contribution in [2.24, 2.45) is 28.1 Å². The Kier molecular flexibility index (Phi) is 5.35. The van der Waals surface area contributed by atoms with E-state index in [1.807, 2.05) is 13.0 Å². The molecule has 5 rings (SSSR count). The number of ketones is 1. The van der Waals surface area contributed by atoms with Crippen molar-refractivity contribution in [2.75, 3.05) is 5.32 Å². The molecule has 0 heterocycles. The molecule has 0 radical (unpaired) electrons. The van der Waals surface area contributed by atoms with Crippen molar-refractivity contribution < 1.29 is 34.8 Å². The van der Waals surface area contributed by atoms with E-state index in [2.05, 4.69) is 19.2 Å². The smallest absolute Gasteiger partial charge is 0.339 e. The van der Waals surface area contributed by atoms with E-state index in [0.717, 1.165) is 31.4 Å². The highest BCUT2D eigenvalue weighted by Gasteiger charge is 2.67. The highest BCUT2D eigenvalue weighted by Crippen LogP contribution is 2.69. The third-order valence-corrected chi connectivity index (χ3v) is 8.86. The molecular formula is C25H31NO7. The lowest BCUT2D eigenvalue weighted by atomic mass is 9.37. The molecule has 1 amide bonds. The molecule has 5 N–H and O–H groups in total. The molecule has 33 heavy (non-hydrogen) atoms. The van der Waals surface area contributed by atoms with Gasteiger partial charge in [-0.2, -0.15) is 0 Å². The van der Waals surface area contributed by atoms with Crippen molar-refractivity contribution in [3.05, 3.63) is 29.8 Å². The first kappa shape index (κ1) is 23.3. The van der Waals surface area contributed by atoms with Crippen LogP contribution < -0.4 is 5.32 Å². The molecule has 178 valence electrons. The molecule has 3 fully saturated rings. The minimum atomic E-state index is -1.39. The number of hydrogen-bond donors (Lipinski definition) is 5. The zero-order valence-electron chi connectivity index (χ0n) is 19.1. The fourth-order valence-electron chi connectivity index (χ4n) is 6.73. The van der Waals surface area contributed by atoms with Gasteiger partial charge in [0.1, 0.15) is 17.0 Å². The minimum absolute atomic E-state index is 0.00964. The molecule has 5 atom stereocenters.